The Bertz CT molecular complexity index is 1610. The second-order valence-corrected chi connectivity index (χ2v) is 10.9. The summed E-state index contributed by atoms with van der Waals surface area (Å²) in [5.41, 5.74) is 1.54. The summed E-state index contributed by atoms with van der Waals surface area (Å²) < 4.78 is 41.7. The molecular weight excluding hydrogens is 545 g/mol. The van der Waals surface area contributed by atoms with E-state index in [1.54, 1.807) is 19.1 Å². The van der Waals surface area contributed by atoms with Gasteiger partial charge in [-0.25, -0.2) is 17.9 Å². The molecule has 1 atom stereocenters. The largest absolute Gasteiger partial charge is 0.468 e. The lowest BCUT2D eigenvalue weighted by atomic mass is 9.85. The van der Waals surface area contributed by atoms with Gasteiger partial charge >= 0.3 is 0 Å². The van der Waals surface area contributed by atoms with E-state index in [2.05, 4.69) is 22.0 Å². The normalized spacial score (nSPS) is 15.4. The number of hydrogen-bond donors (Lipinski definition) is 4. The van der Waals surface area contributed by atoms with E-state index in [0.717, 1.165) is 11.8 Å². The molecule has 2 amide bonds. The van der Waals surface area contributed by atoms with Crippen molar-refractivity contribution in [1.82, 2.24) is 5.32 Å². The van der Waals surface area contributed by atoms with Crippen LogP contribution in [-0.4, -0.2) is 26.0 Å². The summed E-state index contributed by atoms with van der Waals surface area (Å²) in [5, 5.41) is 24.0. The van der Waals surface area contributed by atoms with Crippen LogP contribution in [0.1, 0.15) is 18.6 Å². The monoisotopic (exact) mass is 567 g/mol. The van der Waals surface area contributed by atoms with Gasteiger partial charge in [-0.3, -0.25) is 9.59 Å². The van der Waals surface area contributed by atoms with Gasteiger partial charge in [0.25, 0.3) is 5.91 Å². The molecule has 0 fully saturated rings. The number of allylic oxidation sites excluding steroid dienone is 2. The molecule has 2 aromatic carbocycles. The van der Waals surface area contributed by atoms with Gasteiger partial charge in [-0.05, 0) is 67.6 Å². The number of halogens is 1. The third-order valence-corrected chi connectivity index (χ3v) is 7.58. The maximum absolute atomic E-state index is 13.4. The van der Waals surface area contributed by atoms with Crippen LogP contribution in [0, 0.1) is 17.1 Å². The first kappa shape index (κ1) is 27.6. The molecule has 0 radical (unpaired) electrons. The molecule has 1 aromatic heterocycles. The average Bonchev–Trinajstić information content (AvgIpc) is 3.43. The lowest BCUT2D eigenvalue weighted by molar-refractivity contribution is -0.114. The number of nitrogens with zero attached hydrogens (tertiary/aromatic N) is 1. The summed E-state index contributed by atoms with van der Waals surface area (Å²) in [6.07, 6.45) is 1.42. The quantitative estimate of drug-likeness (QED) is 0.319. The Kier molecular flexibility index (Phi) is 8.20. The molecule has 0 saturated carbocycles. The first-order chi connectivity index (χ1) is 18.6. The van der Waals surface area contributed by atoms with Crippen LogP contribution in [-0.2, 0) is 19.6 Å². The van der Waals surface area contributed by atoms with Crippen molar-refractivity contribution >= 4 is 45.0 Å². The molecular formula is C26H22FN5O5S2. The summed E-state index contributed by atoms with van der Waals surface area (Å²) >= 11 is 1.07. The Morgan fingerprint density at radius 3 is 2.33 bits per heavy atom. The number of carbonyl (C=O) groups excluding carboxylic acids is 2. The molecule has 1 aliphatic rings. The van der Waals surface area contributed by atoms with E-state index in [9.17, 15) is 27.7 Å². The van der Waals surface area contributed by atoms with Crippen molar-refractivity contribution in [2.24, 2.45) is 5.14 Å². The first-order valence-electron chi connectivity index (χ1n) is 11.3. The predicted octanol–water partition coefficient (Wildman–Crippen LogP) is 3.77. The number of dihydropyridines is 1. The van der Waals surface area contributed by atoms with Crippen molar-refractivity contribution in [3.05, 3.63) is 100 Å². The predicted molar refractivity (Wildman–Crippen MR) is 144 cm³/mol. The van der Waals surface area contributed by atoms with E-state index >= 15 is 0 Å². The lowest BCUT2D eigenvalue weighted by Crippen LogP contribution is -2.31. The van der Waals surface area contributed by atoms with E-state index in [1.807, 2.05) is 0 Å². The number of nitrogens with one attached hydrogen (secondary N) is 3. The van der Waals surface area contributed by atoms with Crippen LogP contribution in [0.15, 0.2) is 98.1 Å². The molecule has 10 nitrogen and oxygen atoms in total. The zero-order valence-electron chi connectivity index (χ0n) is 20.4. The van der Waals surface area contributed by atoms with Crippen molar-refractivity contribution in [1.29, 1.82) is 5.26 Å². The smallest absolute Gasteiger partial charge is 0.254 e. The molecule has 0 saturated heterocycles. The van der Waals surface area contributed by atoms with E-state index in [4.69, 9.17) is 9.56 Å². The molecule has 4 rings (SSSR count). The highest BCUT2D eigenvalue weighted by Gasteiger charge is 2.36. The highest BCUT2D eigenvalue weighted by molar-refractivity contribution is 8.03. The molecule has 5 N–H and O–H groups in total. The van der Waals surface area contributed by atoms with Gasteiger partial charge in [0.05, 0.1) is 45.1 Å². The molecule has 1 aliphatic heterocycles. The summed E-state index contributed by atoms with van der Waals surface area (Å²) in [5.74, 6) is -1.95. The number of nitriles is 1. The molecule has 39 heavy (non-hydrogen) atoms. The van der Waals surface area contributed by atoms with Crippen molar-refractivity contribution in [2.75, 3.05) is 16.4 Å². The number of amides is 2. The number of anilines is 2. The first-order valence-corrected chi connectivity index (χ1v) is 13.9. The Morgan fingerprint density at radius 1 is 1.10 bits per heavy atom. The Morgan fingerprint density at radius 2 is 1.74 bits per heavy atom. The molecule has 2 heterocycles. The average molecular weight is 568 g/mol. The van der Waals surface area contributed by atoms with Gasteiger partial charge in [-0.15, -0.1) is 0 Å². The van der Waals surface area contributed by atoms with Crippen molar-refractivity contribution in [3.8, 4) is 6.07 Å². The molecule has 3 aromatic rings. The Labute approximate surface area is 227 Å². The van der Waals surface area contributed by atoms with E-state index < -0.39 is 27.7 Å². The third-order valence-electron chi connectivity index (χ3n) is 5.64. The minimum atomic E-state index is -3.90. The number of nitrogens with two attached hydrogens (primary N) is 1. The van der Waals surface area contributed by atoms with Gasteiger partial charge < -0.3 is 20.4 Å². The fourth-order valence-electron chi connectivity index (χ4n) is 3.86. The molecule has 0 unspecified atom stereocenters. The highest BCUT2D eigenvalue weighted by Crippen LogP contribution is 2.41. The fraction of sp³-hybridized carbons (Fsp3) is 0.115. The van der Waals surface area contributed by atoms with Gasteiger partial charge in [0.15, 0.2) is 0 Å². The zero-order chi connectivity index (χ0) is 28.2. The second-order valence-electron chi connectivity index (χ2n) is 8.33. The van der Waals surface area contributed by atoms with Crippen LogP contribution in [0.25, 0.3) is 0 Å². The molecule has 0 aliphatic carbocycles. The number of furan rings is 1. The highest BCUT2D eigenvalue weighted by atomic mass is 32.2. The van der Waals surface area contributed by atoms with Crippen molar-refractivity contribution in [3.63, 3.8) is 0 Å². The van der Waals surface area contributed by atoms with Gasteiger partial charge in [0.1, 0.15) is 11.6 Å². The maximum atomic E-state index is 13.4. The number of rotatable bonds is 8. The maximum Gasteiger partial charge on any atom is 0.254 e. The number of benzene rings is 2. The summed E-state index contributed by atoms with van der Waals surface area (Å²) in [6, 6.07) is 16.0. The Balaban J connectivity index is 1.57. The molecule has 0 spiro atoms. The number of carbonyl (C=O) groups is 2. The Hall–Kier alpha value is -4.38. The van der Waals surface area contributed by atoms with Crippen LogP contribution < -0.4 is 21.1 Å². The third kappa shape index (κ3) is 6.55. The molecule has 13 heteroatoms. The van der Waals surface area contributed by atoms with Gasteiger partial charge in [0, 0.05) is 17.1 Å². The van der Waals surface area contributed by atoms with E-state index in [0.29, 0.717) is 27.9 Å². The van der Waals surface area contributed by atoms with Crippen LogP contribution in [0.2, 0.25) is 0 Å². The van der Waals surface area contributed by atoms with E-state index in [1.165, 1.54) is 54.8 Å². The minimum Gasteiger partial charge on any atom is -0.468 e. The van der Waals surface area contributed by atoms with Gasteiger partial charge in [0.2, 0.25) is 15.9 Å². The second kappa shape index (κ2) is 11.6. The summed E-state index contributed by atoms with van der Waals surface area (Å²) in [7, 11) is -3.90. The number of hydrogen-bond acceptors (Lipinski definition) is 8. The minimum absolute atomic E-state index is 0.0685. The number of sulfonamides is 1. The van der Waals surface area contributed by atoms with Crippen LogP contribution in [0.5, 0.6) is 0 Å². The molecule has 200 valence electrons. The van der Waals surface area contributed by atoms with Crippen LogP contribution in [0.4, 0.5) is 15.8 Å². The zero-order valence-corrected chi connectivity index (χ0v) is 22.0. The van der Waals surface area contributed by atoms with Crippen molar-refractivity contribution in [2.45, 2.75) is 17.7 Å². The number of thioether (sulfide) groups is 1. The van der Waals surface area contributed by atoms with Crippen molar-refractivity contribution < 1.29 is 26.8 Å². The van der Waals surface area contributed by atoms with E-state index in [-0.39, 0.29) is 27.7 Å². The SMILES string of the molecule is CC1=C(C(=O)Nc2ccc(S(N)(=O)=O)cc2)[C@H](c2ccco2)C(C#N)=C(SCC(=O)Nc2ccc(F)cc2)N1. The lowest BCUT2D eigenvalue weighted by Gasteiger charge is -2.28. The van der Waals surface area contributed by atoms with Gasteiger partial charge in [-0.2, -0.15) is 5.26 Å². The fourth-order valence-corrected chi connectivity index (χ4v) is 5.27. The number of primary sulfonamides is 1. The standard InChI is InChI=1S/C26H22FN5O5S2/c1-15-23(25(34)32-18-8-10-19(11-9-18)39(29,35)36)24(21-3-2-12-37-21)20(13-28)26(30-15)38-14-22(33)31-17-6-4-16(27)5-7-17/h2-12,24,30H,14H2,1H3,(H,31,33)(H,32,34)(H2,29,35,36)/t24-/m0/s1. The summed E-state index contributed by atoms with van der Waals surface area (Å²) in [4.78, 5) is 25.8. The van der Waals surface area contributed by atoms with Crippen LogP contribution in [0.3, 0.4) is 0 Å². The molecule has 0 bridgehead atoms. The topological polar surface area (TPSA) is 167 Å². The summed E-state index contributed by atoms with van der Waals surface area (Å²) in [6.45, 7) is 1.66. The van der Waals surface area contributed by atoms with Gasteiger partial charge in [-0.1, -0.05) is 11.8 Å². The van der Waals surface area contributed by atoms with Crippen LogP contribution >= 0.6 is 11.8 Å².